The number of nitrogens with one attached hydrogen (secondary N) is 1. The van der Waals surface area contributed by atoms with Crippen LogP contribution in [0.5, 0.6) is 5.75 Å². The van der Waals surface area contributed by atoms with E-state index in [4.69, 9.17) is 10.2 Å². The van der Waals surface area contributed by atoms with Gasteiger partial charge in [0.05, 0.1) is 11.6 Å². The molecular weight excluding hydrogens is 613 g/mol. The van der Waals surface area contributed by atoms with Crippen LogP contribution in [-0.2, 0) is 27.3 Å². The zero-order chi connectivity index (χ0) is 34.1. The van der Waals surface area contributed by atoms with E-state index in [9.17, 15) is 39.2 Å². The molecule has 246 valence electrons. The van der Waals surface area contributed by atoms with Crippen molar-refractivity contribution >= 4 is 34.9 Å². The van der Waals surface area contributed by atoms with E-state index in [1.807, 2.05) is 0 Å². The van der Waals surface area contributed by atoms with Gasteiger partial charge in [-0.15, -0.1) is 0 Å². The number of carbonyl (C=O) groups excluding carboxylic acids is 3. The number of phenolic OH excluding ortho intramolecular Hbond substituents is 1. The largest absolute Gasteiger partial charge is 0.508 e. The van der Waals surface area contributed by atoms with Gasteiger partial charge < -0.3 is 40.8 Å². The molecule has 0 saturated heterocycles. The molecule has 3 aliphatic rings. The standard InChI is InChI=1S/C33H34FN5O8/c1-38(2)21-11-16(12-36-32-37-20(13-47-32)14-5-7-17(34)8-6-14)26(40)23-18(21)9-15-10-19-25(39(3)4)28(42)24(31(35)45)30(44)33(19,46)29(43)22(15)27(23)41/h5-8,11,13,15,19,25,40-41,44,46H,9-10,12H2,1-4H3,(H2,35,45)(H,36,37). The number of nitrogens with two attached hydrogens (primary N) is 1. The van der Waals surface area contributed by atoms with E-state index in [1.165, 1.54) is 23.3 Å². The van der Waals surface area contributed by atoms with Gasteiger partial charge in [-0.25, -0.2) is 4.39 Å². The summed E-state index contributed by atoms with van der Waals surface area (Å²) in [6.45, 7) is -0.0204. The highest BCUT2D eigenvalue weighted by Gasteiger charge is 2.64. The van der Waals surface area contributed by atoms with Crippen molar-refractivity contribution in [1.29, 1.82) is 0 Å². The quantitative estimate of drug-likeness (QED) is 0.205. The predicted molar refractivity (Wildman–Crippen MR) is 168 cm³/mol. The lowest BCUT2D eigenvalue weighted by Gasteiger charge is -2.50. The molecule has 0 bridgehead atoms. The van der Waals surface area contributed by atoms with Gasteiger partial charge in [0, 0.05) is 48.9 Å². The van der Waals surface area contributed by atoms with Crippen LogP contribution in [0.15, 0.2) is 57.9 Å². The number of likely N-dealkylation sites (N-methyl/N-ethyl adjacent to an activating group) is 1. The fourth-order valence-electron chi connectivity index (χ4n) is 7.16. The third-order valence-electron chi connectivity index (χ3n) is 9.33. The van der Waals surface area contributed by atoms with E-state index < -0.39 is 58.0 Å². The number of phenols is 1. The van der Waals surface area contributed by atoms with Gasteiger partial charge >= 0.3 is 0 Å². The topological polar surface area (TPSA) is 203 Å². The van der Waals surface area contributed by atoms with Gasteiger partial charge in [0.25, 0.3) is 11.9 Å². The number of fused-ring (bicyclic) bond motifs is 3. The fourth-order valence-corrected chi connectivity index (χ4v) is 7.16. The lowest BCUT2D eigenvalue weighted by molar-refractivity contribution is -0.153. The van der Waals surface area contributed by atoms with Crippen molar-refractivity contribution in [3.05, 3.63) is 76.0 Å². The maximum Gasteiger partial charge on any atom is 0.295 e. The third kappa shape index (κ3) is 4.82. The number of aliphatic hydroxyl groups excluding tert-OH is 2. The van der Waals surface area contributed by atoms with Crippen LogP contribution in [0.4, 0.5) is 16.1 Å². The van der Waals surface area contributed by atoms with Crippen LogP contribution in [0, 0.1) is 17.7 Å². The summed E-state index contributed by atoms with van der Waals surface area (Å²) in [6.07, 6.45) is 1.54. The number of nitrogens with zero attached hydrogens (tertiary/aromatic N) is 3. The second kappa shape index (κ2) is 11.2. The monoisotopic (exact) mass is 647 g/mol. The summed E-state index contributed by atoms with van der Waals surface area (Å²) in [7, 11) is 6.66. The molecule has 47 heavy (non-hydrogen) atoms. The molecule has 7 N–H and O–H groups in total. The summed E-state index contributed by atoms with van der Waals surface area (Å²) in [5.41, 5.74) is 4.11. The molecule has 6 rings (SSSR count). The summed E-state index contributed by atoms with van der Waals surface area (Å²) >= 11 is 0. The summed E-state index contributed by atoms with van der Waals surface area (Å²) in [5, 5.41) is 49.1. The Morgan fingerprint density at radius 3 is 2.45 bits per heavy atom. The SMILES string of the molecule is CN(C)c1cc(CNc2nc(-c3ccc(F)cc3)co2)c(O)c2c1CC1CC3C(N(C)C)C(=O)C(C(N)=O)=C(O)C3(O)C(=O)C1=C2O. The highest BCUT2D eigenvalue weighted by molar-refractivity contribution is 6.24. The van der Waals surface area contributed by atoms with Crippen molar-refractivity contribution < 1.29 is 43.6 Å². The van der Waals surface area contributed by atoms with E-state index in [0.29, 0.717) is 28.1 Å². The number of hydrogen-bond acceptors (Lipinski definition) is 12. The molecule has 1 heterocycles. The summed E-state index contributed by atoms with van der Waals surface area (Å²) in [6, 6.07) is 6.39. The van der Waals surface area contributed by atoms with Gasteiger partial charge in [-0.1, -0.05) is 0 Å². The van der Waals surface area contributed by atoms with Crippen molar-refractivity contribution in [2.24, 2.45) is 17.6 Å². The van der Waals surface area contributed by atoms with Crippen molar-refractivity contribution in [3.63, 3.8) is 0 Å². The van der Waals surface area contributed by atoms with Crippen LogP contribution >= 0.6 is 0 Å². The molecule has 0 aliphatic heterocycles. The van der Waals surface area contributed by atoms with Gasteiger partial charge in [0.2, 0.25) is 5.78 Å². The number of aromatic nitrogens is 1. The van der Waals surface area contributed by atoms with Crippen LogP contribution in [-0.4, -0.2) is 87.6 Å². The first-order valence-electron chi connectivity index (χ1n) is 14.8. The Morgan fingerprint density at radius 1 is 1.15 bits per heavy atom. The number of hydrogen-bond donors (Lipinski definition) is 6. The normalized spacial score (nSPS) is 23.9. The maximum absolute atomic E-state index is 14.2. The molecule has 1 amide bonds. The molecule has 1 aromatic heterocycles. The minimum Gasteiger partial charge on any atom is -0.508 e. The van der Waals surface area contributed by atoms with E-state index in [2.05, 4.69) is 10.3 Å². The van der Waals surface area contributed by atoms with E-state index in [1.54, 1.807) is 51.3 Å². The Hall–Kier alpha value is -5.21. The number of oxazole rings is 1. The first kappa shape index (κ1) is 31.8. The highest BCUT2D eigenvalue weighted by atomic mass is 19.1. The van der Waals surface area contributed by atoms with Gasteiger partial charge in [-0.2, -0.15) is 4.98 Å². The highest BCUT2D eigenvalue weighted by Crippen LogP contribution is 2.54. The molecule has 14 heteroatoms. The van der Waals surface area contributed by atoms with Crippen LogP contribution in [0.2, 0.25) is 0 Å². The first-order valence-corrected chi connectivity index (χ1v) is 14.8. The molecular formula is C33H34FN5O8. The average molecular weight is 648 g/mol. The Labute approximate surface area is 268 Å². The molecule has 3 aromatic rings. The van der Waals surface area contributed by atoms with Crippen LogP contribution in [0.1, 0.15) is 23.1 Å². The zero-order valence-corrected chi connectivity index (χ0v) is 26.0. The number of rotatable bonds is 7. The second-order valence-electron chi connectivity index (χ2n) is 12.5. The fraction of sp³-hybridized carbons (Fsp3) is 0.333. The van der Waals surface area contributed by atoms with Crippen molar-refractivity contribution in [2.45, 2.75) is 31.0 Å². The van der Waals surface area contributed by atoms with Crippen LogP contribution < -0.4 is 16.0 Å². The Kier molecular flexibility index (Phi) is 7.60. The molecule has 1 saturated carbocycles. The molecule has 13 nitrogen and oxygen atoms in total. The number of benzene rings is 2. The third-order valence-corrected chi connectivity index (χ3v) is 9.33. The number of carbonyl (C=O) groups is 3. The zero-order valence-electron chi connectivity index (χ0n) is 26.0. The molecule has 4 unspecified atom stereocenters. The lowest BCUT2D eigenvalue weighted by Crippen LogP contribution is -2.65. The number of primary amides is 1. The molecule has 4 atom stereocenters. The lowest BCUT2D eigenvalue weighted by atomic mass is 9.57. The molecule has 1 fully saturated rings. The first-order chi connectivity index (χ1) is 22.2. The Balaban J connectivity index is 1.41. The number of amides is 1. The number of aliphatic hydroxyl groups is 3. The number of ketones is 2. The van der Waals surface area contributed by atoms with Crippen molar-refractivity contribution in [2.75, 3.05) is 38.4 Å². The molecule has 0 radical (unpaired) electrons. The number of halogens is 1. The van der Waals surface area contributed by atoms with Crippen molar-refractivity contribution in [3.8, 4) is 17.0 Å². The minimum atomic E-state index is -2.73. The predicted octanol–water partition coefficient (Wildman–Crippen LogP) is 2.44. The second-order valence-corrected chi connectivity index (χ2v) is 12.5. The number of Topliss-reactive ketones (excluding diaryl/α,β-unsaturated/α-hetero) is 2. The number of aromatic hydroxyl groups is 1. The van der Waals surface area contributed by atoms with Gasteiger partial charge in [-0.05, 0) is 68.8 Å². The van der Waals surface area contributed by atoms with Crippen molar-refractivity contribution in [1.82, 2.24) is 9.88 Å². The van der Waals surface area contributed by atoms with Crippen LogP contribution in [0.3, 0.4) is 0 Å². The van der Waals surface area contributed by atoms with Gasteiger partial charge in [-0.3, -0.25) is 19.3 Å². The molecule has 3 aliphatic carbocycles. The van der Waals surface area contributed by atoms with Crippen LogP contribution in [0.25, 0.3) is 17.0 Å². The van der Waals surface area contributed by atoms with E-state index in [-0.39, 0.29) is 48.1 Å². The summed E-state index contributed by atoms with van der Waals surface area (Å²) in [5.74, 6) is -7.51. The Bertz CT molecular complexity index is 1900. The molecule has 2 aromatic carbocycles. The van der Waals surface area contributed by atoms with E-state index >= 15 is 0 Å². The maximum atomic E-state index is 14.2. The Morgan fingerprint density at radius 2 is 1.83 bits per heavy atom. The number of anilines is 2. The smallest absolute Gasteiger partial charge is 0.295 e. The van der Waals surface area contributed by atoms with Gasteiger partial charge in [0.15, 0.2) is 11.4 Å². The van der Waals surface area contributed by atoms with E-state index in [0.717, 1.165) is 0 Å². The van der Waals surface area contributed by atoms with Gasteiger partial charge in [0.1, 0.15) is 40.6 Å². The summed E-state index contributed by atoms with van der Waals surface area (Å²) < 4.78 is 18.8. The summed E-state index contributed by atoms with van der Waals surface area (Å²) in [4.78, 5) is 47.3. The minimum absolute atomic E-state index is 0.0107. The average Bonchev–Trinajstić information content (AvgIpc) is 3.47. The molecule has 0 spiro atoms.